The smallest absolute Gasteiger partial charge is 0.768 e. The van der Waals surface area contributed by atoms with Crippen LogP contribution in [0.25, 0.3) is 0 Å². The molecule has 0 fully saturated rings. The summed E-state index contributed by atoms with van der Waals surface area (Å²) in [5, 5.41) is 10.1. The van der Waals surface area contributed by atoms with Gasteiger partial charge in [-0.3, -0.25) is 4.21 Å². The van der Waals surface area contributed by atoms with E-state index < -0.39 is 17.0 Å². The van der Waals surface area contributed by atoms with Gasteiger partial charge in [-0.2, -0.15) is 0 Å². The Morgan fingerprint density at radius 1 is 1.25 bits per heavy atom. The van der Waals surface area contributed by atoms with E-state index in [9.17, 15) is 18.7 Å². The number of benzene rings is 1. The van der Waals surface area contributed by atoms with Crippen LogP contribution >= 0.6 is 23.2 Å². The van der Waals surface area contributed by atoms with Crippen LogP contribution in [0.15, 0.2) is 17.0 Å². The van der Waals surface area contributed by atoms with Crippen molar-refractivity contribution in [3.8, 4) is 0 Å². The van der Waals surface area contributed by atoms with Crippen LogP contribution in [0.2, 0.25) is 10.0 Å². The Kier molecular flexibility index (Phi) is 10.4. The van der Waals surface area contributed by atoms with Gasteiger partial charge in [0.05, 0.1) is 16.0 Å². The first kappa shape index (κ1) is 19.7. The molecular weight excluding hydrogens is 297 g/mol. The molecule has 0 radical (unpaired) electrons. The molecule has 16 heavy (non-hydrogen) atoms. The van der Waals surface area contributed by atoms with Crippen LogP contribution in [0, 0.1) is 0 Å². The second-order valence-corrected chi connectivity index (χ2v) is 3.99. The third-order valence-electron chi connectivity index (χ3n) is 1.41. The molecule has 0 N–H and O–H groups in total. The predicted molar refractivity (Wildman–Crippen MR) is 48.0 cm³/mol. The third-order valence-corrected chi connectivity index (χ3v) is 3.01. The summed E-state index contributed by atoms with van der Waals surface area (Å²) in [5.74, 6) is -1.52. The van der Waals surface area contributed by atoms with Gasteiger partial charge in [-0.25, -0.2) is 0 Å². The first-order chi connectivity index (χ1) is 6.43. The summed E-state index contributed by atoms with van der Waals surface area (Å²) in [6.07, 6.45) is 0. The number of rotatable bonds is 2. The number of hydrogen-bond donors (Lipinski definition) is 0. The van der Waals surface area contributed by atoms with Crippen LogP contribution in [0.1, 0.15) is 10.4 Å². The maximum Gasteiger partial charge on any atom is 1.00 e. The van der Waals surface area contributed by atoms with Crippen LogP contribution in [0.3, 0.4) is 0 Å². The van der Waals surface area contributed by atoms with E-state index in [0.29, 0.717) is 0 Å². The topological polar surface area (TPSA) is 80.3 Å². The summed E-state index contributed by atoms with van der Waals surface area (Å²) >= 11 is 8.40. The van der Waals surface area contributed by atoms with Crippen LogP contribution in [-0.4, -0.2) is 14.7 Å². The molecule has 0 bridgehead atoms. The molecule has 0 heterocycles. The fourth-order valence-electron chi connectivity index (χ4n) is 0.803. The molecule has 1 aromatic rings. The second kappa shape index (κ2) is 8.48. The van der Waals surface area contributed by atoms with Crippen LogP contribution in [0.4, 0.5) is 0 Å². The third kappa shape index (κ3) is 4.94. The van der Waals surface area contributed by atoms with Crippen molar-refractivity contribution in [2.45, 2.75) is 4.90 Å². The Balaban J connectivity index is 0. The number of halogens is 2. The van der Waals surface area contributed by atoms with Crippen molar-refractivity contribution in [2.75, 3.05) is 0 Å². The normalized spacial score (nSPS) is 10.9. The summed E-state index contributed by atoms with van der Waals surface area (Å²) in [4.78, 5) is 10.1. The first-order valence-corrected chi connectivity index (χ1v) is 5.06. The van der Waals surface area contributed by atoms with Gasteiger partial charge < -0.3 is 14.5 Å². The number of carboxylic acids is 1. The molecule has 9 heteroatoms. The van der Waals surface area contributed by atoms with Gasteiger partial charge in [-0.05, 0) is 28.8 Å². The van der Waals surface area contributed by atoms with Gasteiger partial charge in [0.2, 0.25) is 0 Å². The molecule has 1 unspecified atom stereocenters. The molecule has 0 saturated heterocycles. The molecule has 0 spiro atoms. The number of carboxylic acid groups (broad SMARTS) is 1. The molecule has 1 aromatic carbocycles. The minimum atomic E-state index is -2.64. The van der Waals surface area contributed by atoms with E-state index in [-0.39, 0.29) is 79.6 Å². The molecule has 0 aliphatic carbocycles. The Morgan fingerprint density at radius 2 is 1.75 bits per heavy atom. The quantitative estimate of drug-likeness (QED) is 0.403. The molecule has 4 nitrogen and oxygen atoms in total. The largest absolute Gasteiger partial charge is 1.00 e. The van der Waals surface area contributed by atoms with E-state index in [0.717, 1.165) is 12.1 Å². The van der Waals surface area contributed by atoms with Gasteiger partial charge in [0.1, 0.15) is 0 Å². The molecule has 0 saturated carbocycles. The zero-order valence-corrected chi connectivity index (χ0v) is 14.8. The molecule has 0 aliphatic rings. The van der Waals surface area contributed by atoms with Crippen LogP contribution < -0.4 is 64.2 Å². The molecule has 1 atom stereocenters. The van der Waals surface area contributed by atoms with Gasteiger partial charge in [0.15, 0.2) is 0 Å². The average Bonchev–Trinajstić information content (AvgIpc) is 2.08. The van der Waals surface area contributed by atoms with Crippen molar-refractivity contribution >= 4 is 40.3 Å². The van der Waals surface area contributed by atoms with Gasteiger partial charge in [0, 0.05) is 4.90 Å². The average molecular weight is 299 g/mol. The molecular formula is C7H2Cl2Na2O4S. The minimum Gasteiger partial charge on any atom is -0.768 e. The van der Waals surface area contributed by atoms with E-state index in [1.54, 1.807) is 0 Å². The van der Waals surface area contributed by atoms with Crippen molar-refractivity contribution in [1.29, 1.82) is 0 Å². The Morgan fingerprint density at radius 3 is 2.12 bits per heavy atom. The number of carbonyl (C=O) groups is 1. The van der Waals surface area contributed by atoms with Crippen molar-refractivity contribution in [2.24, 2.45) is 0 Å². The summed E-state index contributed by atoms with van der Waals surface area (Å²) in [5.41, 5.74) is -0.335. The van der Waals surface area contributed by atoms with E-state index in [1.165, 1.54) is 0 Å². The van der Waals surface area contributed by atoms with Crippen molar-refractivity contribution in [3.63, 3.8) is 0 Å². The zero-order valence-electron chi connectivity index (χ0n) is 8.45. The first-order valence-electron chi connectivity index (χ1n) is 3.23. The fourth-order valence-corrected chi connectivity index (χ4v) is 1.86. The molecule has 0 aliphatic heterocycles. The zero-order chi connectivity index (χ0) is 10.9. The van der Waals surface area contributed by atoms with Gasteiger partial charge in [-0.15, -0.1) is 0 Å². The minimum absolute atomic E-state index is 0. The standard InChI is InChI=1S/C7H4Cl2O4S.2Na/c8-4-1-3(7(10)11)2-5(6(4)9)14(12)13;;/h1-2H,(H,10,11)(H,12,13);;/q;2*+1/p-2. The van der Waals surface area contributed by atoms with Crippen molar-refractivity contribution in [3.05, 3.63) is 27.7 Å². The summed E-state index contributed by atoms with van der Waals surface area (Å²) in [7, 11) is 0. The van der Waals surface area contributed by atoms with Crippen LogP contribution in [-0.2, 0) is 11.1 Å². The molecule has 76 valence electrons. The van der Waals surface area contributed by atoms with Crippen molar-refractivity contribution in [1.82, 2.24) is 0 Å². The Labute approximate surface area is 149 Å². The van der Waals surface area contributed by atoms with Crippen molar-refractivity contribution < 1.29 is 77.8 Å². The SMILES string of the molecule is O=C([O-])c1cc(Cl)c(Cl)c(S(=O)[O-])c1.[Na+].[Na+]. The maximum absolute atomic E-state index is 10.6. The van der Waals surface area contributed by atoms with E-state index in [4.69, 9.17) is 23.2 Å². The number of aromatic carboxylic acids is 1. The molecule has 0 amide bonds. The van der Waals surface area contributed by atoms with Gasteiger partial charge in [-0.1, -0.05) is 23.2 Å². The predicted octanol–water partition coefficient (Wildman–Crippen LogP) is -5.40. The van der Waals surface area contributed by atoms with E-state index >= 15 is 0 Å². The molecule has 0 aromatic heterocycles. The molecule has 1 rings (SSSR count). The van der Waals surface area contributed by atoms with Crippen LogP contribution in [0.5, 0.6) is 0 Å². The second-order valence-electron chi connectivity index (χ2n) is 2.29. The summed E-state index contributed by atoms with van der Waals surface area (Å²) < 4.78 is 21.2. The fraction of sp³-hybridized carbons (Fsp3) is 0. The Hall–Kier alpha value is 1.38. The van der Waals surface area contributed by atoms with E-state index in [2.05, 4.69) is 0 Å². The van der Waals surface area contributed by atoms with E-state index in [1.807, 2.05) is 0 Å². The summed E-state index contributed by atoms with van der Waals surface area (Å²) in [6.45, 7) is 0. The number of hydrogen-bond acceptors (Lipinski definition) is 4. The monoisotopic (exact) mass is 298 g/mol. The maximum atomic E-state index is 10.6. The summed E-state index contributed by atoms with van der Waals surface area (Å²) in [6, 6.07) is 1.90. The van der Waals surface area contributed by atoms with Gasteiger partial charge >= 0.3 is 59.1 Å². The number of carbonyl (C=O) groups excluding carboxylic acids is 1. The van der Waals surface area contributed by atoms with Gasteiger partial charge in [0.25, 0.3) is 0 Å². The Bertz CT molecular complexity index is 427.